The van der Waals surface area contributed by atoms with Crippen LogP contribution >= 0.6 is 0 Å². The molecule has 19 heavy (non-hydrogen) atoms. The molecule has 0 amide bonds. The minimum Gasteiger partial charge on any atom is -0.504 e. The third kappa shape index (κ3) is 2.06. The second-order valence-corrected chi connectivity index (χ2v) is 4.66. The van der Waals surface area contributed by atoms with Gasteiger partial charge in [0.15, 0.2) is 22.6 Å². The van der Waals surface area contributed by atoms with Crippen molar-refractivity contribution in [3.05, 3.63) is 34.0 Å². The van der Waals surface area contributed by atoms with Crippen molar-refractivity contribution in [2.45, 2.75) is 6.92 Å². The van der Waals surface area contributed by atoms with Gasteiger partial charge >= 0.3 is 0 Å². The summed E-state index contributed by atoms with van der Waals surface area (Å²) in [5.74, 6) is 0.520. The molecule has 0 bridgehead atoms. The molecular formula is C14H15NO4. The second-order valence-electron chi connectivity index (χ2n) is 4.66. The van der Waals surface area contributed by atoms with Crippen molar-refractivity contribution in [2.24, 2.45) is 0 Å². The Bertz CT molecular complexity index is 671. The summed E-state index contributed by atoms with van der Waals surface area (Å²) in [6.45, 7) is 4.36. The Balaban J connectivity index is 2.17. The molecule has 5 heteroatoms. The zero-order chi connectivity index (χ0) is 13.4. The molecule has 1 fully saturated rings. The highest BCUT2D eigenvalue weighted by Gasteiger charge is 2.17. The first-order valence-electron chi connectivity index (χ1n) is 6.26. The third-order valence-electron chi connectivity index (χ3n) is 3.38. The molecule has 1 aromatic heterocycles. The predicted octanol–water partition coefficient (Wildman–Crippen LogP) is 1.64. The Morgan fingerprint density at radius 2 is 2.00 bits per heavy atom. The smallest absolute Gasteiger partial charge is 0.200 e. The van der Waals surface area contributed by atoms with E-state index < -0.39 is 0 Å². The molecule has 2 heterocycles. The highest BCUT2D eigenvalue weighted by atomic mass is 16.5. The summed E-state index contributed by atoms with van der Waals surface area (Å²) in [5, 5.41) is 10.4. The fourth-order valence-corrected chi connectivity index (χ4v) is 2.23. The summed E-state index contributed by atoms with van der Waals surface area (Å²) in [6.07, 6.45) is 0. The van der Waals surface area contributed by atoms with Crippen LogP contribution in [0.1, 0.15) is 5.56 Å². The van der Waals surface area contributed by atoms with Crippen molar-refractivity contribution >= 4 is 16.9 Å². The van der Waals surface area contributed by atoms with Crippen molar-refractivity contribution in [3.8, 4) is 5.75 Å². The number of morpholine rings is 1. The number of aromatic hydroxyl groups is 1. The molecule has 100 valence electrons. The average molecular weight is 261 g/mol. The molecule has 1 N–H and O–H groups in total. The fraction of sp³-hybridized carbons (Fsp3) is 0.357. The van der Waals surface area contributed by atoms with E-state index in [1.807, 2.05) is 4.90 Å². The van der Waals surface area contributed by atoms with Crippen molar-refractivity contribution in [3.63, 3.8) is 0 Å². The molecule has 1 aromatic carbocycles. The van der Waals surface area contributed by atoms with Gasteiger partial charge in [-0.1, -0.05) is 6.07 Å². The lowest BCUT2D eigenvalue weighted by atomic mass is 10.1. The highest BCUT2D eigenvalue weighted by molar-refractivity contribution is 5.84. The van der Waals surface area contributed by atoms with Crippen LogP contribution in [0.4, 0.5) is 5.88 Å². The molecule has 0 radical (unpaired) electrons. The molecule has 0 atom stereocenters. The topological polar surface area (TPSA) is 62.9 Å². The zero-order valence-electron chi connectivity index (χ0n) is 10.7. The summed E-state index contributed by atoms with van der Waals surface area (Å²) in [4.78, 5) is 14.0. The third-order valence-corrected chi connectivity index (χ3v) is 3.38. The van der Waals surface area contributed by atoms with Gasteiger partial charge in [-0.15, -0.1) is 0 Å². The van der Waals surface area contributed by atoms with E-state index in [1.54, 1.807) is 19.1 Å². The Kier molecular flexibility index (Phi) is 2.91. The van der Waals surface area contributed by atoms with Crippen LogP contribution in [-0.4, -0.2) is 31.4 Å². The van der Waals surface area contributed by atoms with E-state index in [0.717, 1.165) is 0 Å². The van der Waals surface area contributed by atoms with E-state index in [2.05, 4.69) is 0 Å². The number of phenols is 1. The van der Waals surface area contributed by atoms with Crippen LogP contribution in [0.25, 0.3) is 11.0 Å². The number of nitrogens with zero attached hydrogens (tertiary/aromatic N) is 1. The molecule has 0 saturated carbocycles. The van der Waals surface area contributed by atoms with Gasteiger partial charge in [-0.25, -0.2) is 0 Å². The van der Waals surface area contributed by atoms with Crippen molar-refractivity contribution in [1.29, 1.82) is 0 Å². The minimum absolute atomic E-state index is 0.0321. The molecule has 0 aliphatic carbocycles. The SMILES string of the molecule is Cc1ccc2c(=O)cc(N3CCOCC3)oc2c1O. The quantitative estimate of drug-likeness (QED) is 0.845. The van der Waals surface area contributed by atoms with Crippen LogP contribution in [0.2, 0.25) is 0 Å². The van der Waals surface area contributed by atoms with E-state index in [0.29, 0.717) is 43.1 Å². The Hall–Kier alpha value is -2.01. The normalized spacial score (nSPS) is 15.9. The zero-order valence-corrected chi connectivity index (χ0v) is 10.7. The van der Waals surface area contributed by atoms with E-state index in [9.17, 15) is 9.90 Å². The lowest BCUT2D eigenvalue weighted by Gasteiger charge is -2.27. The molecule has 1 aliphatic rings. The molecule has 1 aliphatic heterocycles. The monoisotopic (exact) mass is 261 g/mol. The van der Waals surface area contributed by atoms with Crippen LogP contribution in [-0.2, 0) is 4.74 Å². The van der Waals surface area contributed by atoms with Crippen LogP contribution in [0.3, 0.4) is 0 Å². The standard InChI is InChI=1S/C14H15NO4/c1-9-2-3-10-11(16)8-12(19-14(10)13(9)17)15-4-6-18-7-5-15/h2-3,8,17H,4-7H2,1H3. The minimum atomic E-state index is -0.141. The van der Waals surface area contributed by atoms with E-state index in [-0.39, 0.29) is 16.8 Å². The average Bonchev–Trinajstić information content (AvgIpc) is 2.44. The maximum atomic E-state index is 12.1. The Morgan fingerprint density at radius 1 is 1.26 bits per heavy atom. The van der Waals surface area contributed by atoms with Crippen LogP contribution in [0.15, 0.2) is 27.4 Å². The first-order chi connectivity index (χ1) is 9.16. The molecule has 0 unspecified atom stereocenters. The van der Waals surface area contributed by atoms with Crippen LogP contribution < -0.4 is 10.3 Å². The van der Waals surface area contributed by atoms with Crippen LogP contribution in [0, 0.1) is 6.92 Å². The van der Waals surface area contributed by atoms with Gasteiger partial charge in [0.25, 0.3) is 0 Å². The van der Waals surface area contributed by atoms with Crippen molar-refractivity contribution in [2.75, 3.05) is 31.2 Å². The fourth-order valence-electron chi connectivity index (χ4n) is 2.23. The van der Waals surface area contributed by atoms with Gasteiger partial charge < -0.3 is 19.2 Å². The van der Waals surface area contributed by atoms with E-state index in [1.165, 1.54) is 6.07 Å². The van der Waals surface area contributed by atoms with Crippen molar-refractivity contribution < 1.29 is 14.3 Å². The summed E-state index contributed by atoms with van der Waals surface area (Å²) >= 11 is 0. The molecular weight excluding hydrogens is 246 g/mol. The first kappa shape index (κ1) is 12.0. The van der Waals surface area contributed by atoms with Gasteiger partial charge in [-0.2, -0.15) is 0 Å². The molecule has 0 spiro atoms. The lowest BCUT2D eigenvalue weighted by molar-refractivity contribution is 0.121. The number of aryl methyl sites for hydroxylation is 1. The van der Waals surface area contributed by atoms with Gasteiger partial charge in [0.1, 0.15) is 0 Å². The maximum Gasteiger partial charge on any atom is 0.200 e. The van der Waals surface area contributed by atoms with Gasteiger partial charge in [-0.05, 0) is 18.6 Å². The summed E-state index contributed by atoms with van der Waals surface area (Å²) in [5.41, 5.74) is 0.807. The molecule has 2 aromatic rings. The number of ether oxygens (including phenoxy) is 1. The summed E-state index contributed by atoms with van der Waals surface area (Å²) in [6, 6.07) is 4.87. The Morgan fingerprint density at radius 3 is 2.74 bits per heavy atom. The Labute approximate surface area is 110 Å². The number of rotatable bonds is 1. The number of phenolic OH excluding ortho intramolecular Hbond substituents is 1. The summed E-state index contributed by atoms with van der Waals surface area (Å²) in [7, 11) is 0. The first-order valence-corrected chi connectivity index (χ1v) is 6.26. The van der Waals surface area contributed by atoms with Gasteiger partial charge in [0, 0.05) is 19.2 Å². The predicted molar refractivity (Wildman–Crippen MR) is 71.9 cm³/mol. The lowest BCUT2D eigenvalue weighted by Crippen LogP contribution is -2.36. The number of benzene rings is 1. The highest BCUT2D eigenvalue weighted by Crippen LogP contribution is 2.29. The number of fused-ring (bicyclic) bond motifs is 1. The van der Waals surface area contributed by atoms with Gasteiger partial charge in [0.2, 0.25) is 0 Å². The van der Waals surface area contributed by atoms with E-state index >= 15 is 0 Å². The maximum absolute atomic E-state index is 12.1. The number of anilines is 1. The number of hydrogen-bond donors (Lipinski definition) is 1. The van der Waals surface area contributed by atoms with E-state index in [4.69, 9.17) is 9.15 Å². The second kappa shape index (κ2) is 4.59. The molecule has 5 nitrogen and oxygen atoms in total. The number of hydrogen-bond acceptors (Lipinski definition) is 5. The largest absolute Gasteiger partial charge is 0.504 e. The molecule has 3 rings (SSSR count). The van der Waals surface area contributed by atoms with Gasteiger partial charge in [-0.3, -0.25) is 4.79 Å². The molecule has 1 saturated heterocycles. The van der Waals surface area contributed by atoms with Crippen LogP contribution in [0.5, 0.6) is 5.75 Å². The summed E-state index contributed by atoms with van der Waals surface area (Å²) < 4.78 is 11.0. The van der Waals surface area contributed by atoms with Crippen molar-refractivity contribution in [1.82, 2.24) is 0 Å². The van der Waals surface area contributed by atoms with Gasteiger partial charge in [0.05, 0.1) is 18.6 Å².